The van der Waals surface area contributed by atoms with Gasteiger partial charge in [-0.15, -0.1) is 0 Å². The maximum atomic E-state index is 12.0. The molecule has 0 unspecified atom stereocenters. The molecule has 100 valence electrons. The lowest BCUT2D eigenvalue weighted by Crippen LogP contribution is -2.38. The van der Waals surface area contributed by atoms with Crippen molar-refractivity contribution in [3.8, 4) is 0 Å². The van der Waals surface area contributed by atoms with Crippen LogP contribution in [0.3, 0.4) is 0 Å². The van der Waals surface area contributed by atoms with Crippen LogP contribution < -0.4 is 10.6 Å². The molecule has 1 aliphatic heterocycles. The van der Waals surface area contributed by atoms with Crippen LogP contribution in [-0.4, -0.2) is 15.8 Å². The Balaban J connectivity index is 1.96. The van der Waals surface area contributed by atoms with E-state index in [1.165, 1.54) is 18.2 Å². The highest BCUT2D eigenvalue weighted by Gasteiger charge is 2.26. The topological polar surface area (TPSA) is 97.2 Å². The van der Waals surface area contributed by atoms with Gasteiger partial charge in [-0.05, 0) is 18.2 Å². The molecule has 1 amide bonds. The van der Waals surface area contributed by atoms with E-state index in [0.29, 0.717) is 11.4 Å². The summed E-state index contributed by atoms with van der Waals surface area (Å²) in [5, 5.41) is 16.5. The number of rotatable bonds is 2. The predicted octanol–water partition coefficient (Wildman–Crippen LogP) is 1.84. The first-order chi connectivity index (χ1) is 9.65. The standard InChI is InChI=1S/C13H10N4O3/c18-13-9-7-8(17(19)20)4-5-10(9)15-12(16-13)11-3-1-2-6-14-11/h1-7,12,15H,(H,16,18)/t12-/m0/s1. The number of benzene rings is 1. The van der Waals surface area contributed by atoms with E-state index in [4.69, 9.17) is 0 Å². The lowest BCUT2D eigenvalue weighted by Gasteiger charge is -2.27. The van der Waals surface area contributed by atoms with Gasteiger partial charge in [0.25, 0.3) is 11.6 Å². The van der Waals surface area contributed by atoms with Crippen molar-refractivity contribution in [3.05, 3.63) is 64.0 Å². The Bertz CT molecular complexity index is 687. The van der Waals surface area contributed by atoms with Crippen molar-refractivity contribution in [1.29, 1.82) is 0 Å². The Morgan fingerprint density at radius 2 is 2.05 bits per heavy atom. The maximum absolute atomic E-state index is 12.0. The number of aromatic nitrogens is 1. The highest BCUT2D eigenvalue weighted by Crippen LogP contribution is 2.28. The summed E-state index contributed by atoms with van der Waals surface area (Å²) in [6.45, 7) is 0. The molecular formula is C13H10N4O3. The van der Waals surface area contributed by atoms with Gasteiger partial charge in [0.1, 0.15) is 6.17 Å². The zero-order chi connectivity index (χ0) is 14.1. The highest BCUT2D eigenvalue weighted by atomic mass is 16.6. The minimum absolute atomic E-state index is 0.114. The Morgan fingerprint density at radius 1 is 1.20 bits per heavy atom. The SMILES string of the molecule is O=C1N[C@@H](c2ccccn2)Nc2ccc([N+](=O)[O-])cc21. The van der Waals surface area contributed by atoms with Crippen molar-refractivity contribution in [2.45, 2.75) is 6.17 Å². The second-order valence-electron chi connectivity index (χ2n) is 4.29. The molecule has 2 heterocycles. The van der Waals surface area contributed by atoms with Gasteiger partial charge in [-0.25, -0.2) is 0 Å². The zero-order valence-electron chi connectivity index (χ0n) is 10.2. The number of nitrogens with one attached hydrogen (secondary N) is 2. The monoisotopic (exact) mass is 270 g/mol. The Hall–Kier alpha value is -2.96. The van der Waals surface area contributed by atoms with Crippen LogP contribution in [0, 0.1) is 10.1 Å². The summed E-state index contributed by atoms with van der Waals surface area (Å²) < 4.78 is 0. The van der Waals surface area contributed by atoms with Gasteiger partial charge in [0.05, 0.1) is 16.2 Å². The molecule has 1 atom stereocenters. The lowest BCUT2D eigenvalue weighted by molar-refractivity contribution is -0.384. The molecule has 1 aliphatic rings. The molecule has 0 saturated heterocycles. The van der Waals surface area contributed by atoms with Crippen LogP contribution in [-0.2, 0) is 0 Å². The molecule has 0 fully saturated rings. The number of anilines is 1. The number of fused-ring (bicyclic) bond motifs is 1. The van der Waals surface area contributed by atoms with Gasteiger partial charge in [-0.3, -0.25) is 19.9 Å². The summed E-state index contributed by atoms with van der Waals surface area (Å²) in [6.07, 6.45) is 1.19. The molecule has 3 rings (SSSR count). The summed E-state index contributed by atoms with van der Waals surface area (Å²) in [5.74, 6) is -0.363. The first kappa shape index (κ1) is 12.1. The highest BCUT2D eigenvalue weighted by molar-refractivity contribution is 6.02. The third-order valence-corrected chi connectivity index (χ3v) is 3.02. The van der Waals surface area contributed by atoms with Crippen molar-refractivity contribution >= 4 is 17.3 Å². The largest absolute Gasteiger partial charge is 0.360 e. The number of pyridine rings is 1. The van der Waals surface area contributed by atoms with Crippen LogP contribution in [0.1, 0.15) is 22.2 Å². The number of non-ortho nitro benzene ring substituents is 1. The van der Waals surface area contributed by atoms with Crippen LogP contribution in [0.5, 0.6) is 0 Å². The number of nitro groups is 1. The molecule has 0 aliphatic carbocycles. The first-order valence-corrected chi connectivity index (χ1v) is 5.92. The van der Waals surface area contributed by atoms with E-state index >= 15 is 0 Å². The van der Waals surface area contributed by atoms with Gasteiger partial charge in [0.2, 0.25) is 0 Å². The van der Waals surface area contributed by atoms with Crippen LogP contribution in [0.15, 0.2) is 42.6 Å². The Kier molecular flexibility index (Phi) is 2.79. The number of hydrogen-bond donors (Lipinski definition) is 2. The van der Waals surface area contributed by atoms with Crippen LogP contribution in [0.25, 0.3) is 0 Å². The minimum Gasteiger partial charge on any atom is -0.360 e. The Morgan fingerprint density at radius 3 is 2.75 bits per heavy atom. The van der Waals surface area contributed by atoms with E-state index in [-0.39, 0.29) is 17.2 Å². The van der Waals surface area contributed by atoms with Gasteiger partial charge in [-0.2, -0.15) is 0 Å². The predicted molar refractivity (Wildman–Crippen MR) is 71.2 cm³/mol. The summed E-state index contributed by atoms with van der Waals surface area (Å²) in [5.41, 5.74) is 1.36. The van der Waals surface area contributed by atoms with Gasteiger partial charge in [0.15, 0.2) is 0 Å². The third kappa shape index (κ3) is 2.05. The Labute approximate surface area is 113 Å². The van der Waals surface area contributed by atoms with Crippen LogP contribution >= 0.6 is 0 Å². The lowest BCUT2D eigenvalue weighted by atomic mass is 10.1. The average Bonchev–Trinajstić information content (AvgIpc) is 2.47. The molecule has 0 radical (unpaired) electrons. The normalized spacial score (nSPS) is 16.8. The molecule has 0 bridgehead atoms. The summed E-state index contributed by atoms with van der Waals surface area (Å²) in [6, 6.07) is 9.54. The van der Waals surface area contributed by atoms with Gasteiger partial charge in [-0.1, -0.05) is 6.07 Å². The summed E-state index contributed by atoms with van der Waals surface area (Å²) >= 11 is 0. The first-order valence-electron chi connectivity index (χ1n) is 5.92. The van der Waals surface area contributed by atoms with Crippen molar-refractivity contribution in [1.82, 2.24) is 10.3 Å². The van der Waals surface area contributed by atoms with Crippen LogP contribution in [0.2, 0.25) is 0 Å². The second kappa shape index (κ2) is 4.61. The van der Waals surface area contributed by atoms with E-state index in [1.54, 1.807) is 18.3 Å². The maximum Gasteiger partial charge on any atom is 0.270 e. The van der Waals surface area contributed by atoms with Crippen molar-refractivity contribution in [2.75, 3.05) is 5.32 Å². The summed E-state index contributed by atoms with van der Waals surface area (Å²) in [4.78, 5) is 26.4. The molecule has 1 aromatic carbocycles. The molecule has 0 spiro atoms. The van der Waals surface area contributed by atoms with E-state index in [2.05, 4.69) is 15.6 Å². The van der Waals surface area contributed by atoms with Gasteiger partial charge in [0, 0.05) is 24.0 Å². The van der Waals surface area contributed by atoms with Crippen molar-refractivity contribution in [3.63, 3.8) is 0 Å². The average molecular weight is 270 g/mol. The van der Waals surface area contributed by atoms with Gasteiger partial charge >= 0.3 is 0 Å². The number of nitrogens with zero attached hydrogens (tertiary/aromatic N) is 2. The van der Waals surface area contributed by atoms with E-state index in [9.17, 15) is 14.9 Å². The smallest absolute Gasteiger partial charge is 0.270 e. The fourth-order valence-corrected chi connectivity index (χ4v) is 2.05. The molecule has 2 N–H and O–H groups in total. The summed E-state index contributed by atoms with van der Waals surface area (Å²) in [7, 11) is 0. The quantitative estimate of drug-likeness (QED) is 0.641. The van der Waals surface area contributed by atoms with E-state index in [0.717, 1.165) is 0 Å². The molecule has 7 heteroatoms. The fourth-order valence-electron chi connectivity index (χ4n) is 2.05. The van der Waals surface area contributed by atoms with Crippen LogP contribution in [0.4, 0.5) is 11.4 Å². The molecular weight excluding hydrogens is 260 g/mol. The van der Waals surface area contributed by atoms with E-state index < -0.39 is 11.1 Å². The number of amides is 1. The zero-order valence-corrected chi connectivity index (χ0v) is 10.2. The van der Waals surface area contributed by atoms with E-state index in [1.807, 2.05) is 6.07 Å². The van der Waals surface area contributed by atoms with Crippen molar-refractivity contribution < 1.29 is 9.72 Å². The number of carbonyl (C=O) groups excluding carboxylic acids is 1. The molecule has 7 nitrogen and oxygen atoms in total. The second-order valence-corrected chi connectivity index (χ2v) is 4.29. The minimum atomic E-state index is -0.529. The number of nitro benzene ring substituents is 1. The van der Waals surface area contributed by atoms with Crippen molar-refractivity contribution in [2.24, 2.45) is 0 Å². The third-order valence-electron chi connectivity index (χ3n) is 3.02. The molecule has 1 aromatic heterocycles. The number of carbonyl (C=O) groups is 1. The molecule has 0 saturated carbocycles. The fraction of sp³-hybridized carbons (Fsp3) is 0.0769. The molecule has 2 aromatic rings. The number of hydrogen-bond acceptors (Lipinski definition) is 5. The van der Waals surface area contributed by atoms with Gasteiger partial charge < -0.3 is 10.6 Å². The molecule has 20 heavy (non-hydrogen) atoms.